The first kappa shape index (κ1) is 10.5. The van der Waals surface area contributed by atoms with Gasteiger partial charge in [-0.2, -0.15) is 0 Å². The number of hydrogen-bond donors (Lipinski definition) is 1. The molecule has 0 aliphatic carbocycles. The summed E-state index contributed by atoms with van der Waals surface area (Å²) in [6, 6.07) is 3.13. The van der Waals surface area contributed by atoms with Crippen LogP contribution >= 0.6 is 11.6 Å². The zero-order valence-electron chi connectivity index (χ0n) is 7.64. The van der Waals surface area contributed by atoms with Gasteiger partial charge in [0.2, 0.25) is 0 Å². The van der Waals surface area contributed by atoms with Crippen molar-refractivity contribution in [2.24, 2.45) is 0 Å². The standard InChI is InChI=1S/C10H12ClFO/c1-6-3-8(11)4-9(10(6)12)7(2)5-13/h3-4,7,13H,5H2,1-2H3. The van der Waals surface area contributed by atoms with Gasteiger partial charge in [-0.05, 0) is 30.2 Å². The minimum atomic E-state index is -0.272. The van der Waals surface area contributed by atoms with Gasteiger partial charge in [-0.25, -0.2) is 4.39 Å². The summed E-state index contributed by atoms with van der Waals surface area (Å²) in [6.45, 7) is 3.35. The summed E-state index contributed by atoms with van der Waals surface area (Å²) in [5, 5.41) is 9.39. The summed E-state index contributed by atoms with van der Waals surface area (Å²) in [5.74, 6) is -0.483. The summed E-state index contributed by atoms with van der Waals surface area (Å²) in [7, 11) is 0. The zero-order chi connectivity index (χ0) is 10.0. The maximum atomic E-state index is 13.4. The molecule has 1 rings (SSSR count). The van der Waals surface area contributed by atoms with E-state index in [2.05, 4.69) is 0 Å². The van der Waals surface area contributed by atoms with Crippen LogP contribution in [0.1, 0.15) is 24.0 Å². The van der Waals surface area contributed by atoms with Crippen LogP contribution in [0.15, 0.2) is 12.1 Å². The maximum Gasteiger partial charge on any atom is 0.129 e. The third kappa shape index (κ3) is 2.20. The molecule has 1 aromatic rings. The highest BCUT2D eigenvalue weighted by Gasteiger charge is 2.12. The van der Waals surface area contributed by atoms with Gasteiger partial charge in [0.25, 0.3) is 0 Å². The third-order valence-electron chi connectivity index (χ3n) is 2.05. The van der Waals surface area contributed by atoms with Gasteiger partial charge >= 0.3 is 0 Å². The Hall–Kier alpha value is -0.600. The Morgan fingerprint density at radius 2 is 2.15 bits per heavy atom. The number of aryl methyl sites for hydroxylation is 1. The molecule has 1 unspecified atom stereocenters. The number of benzene rings is 1. The van der Waals surface area contributed by atoms with Crippen LogP contribution < -0.4 is 0 Å². The molecule has 0 aromatic heterocycles. The highest BCUT2D eigenvalue weighted by Crippen LogP contribution is 2.25. The quantitative estimate of drug-likeness (QED) is 0.782. The molecule has 1 atom stereocenters. The summed E-state index contributed by atoms with van der Waals surface area (Å²) < 4.78 is 13.4. The minimum Gasteiger partial charge on any atom is -0.396 e. The number of aliphatic hydroxyl groups is 1. The van der Waals surface area contributed by atoms with Crippen molar-refractivity contribution in [3.8, 4) is 0 Å². The second-order valence-electron chi connectivity index (χ2n) is 3.21. The lowest BCUT2D eigenvalue weighted by atomic mass is 9.99. The molecule has 0 aliphatic heterocycles. The fraction of sp³-hybridized carbons (Fsp3) is 0.400. The molecule has 1 aromatic carbocycles. The number of aliphatic hydroxyl groups excluding tert-OH is 1. The Balaban J connectivity index is 3.20. The van der Waals surface area contributed by atoms with Crippen LogP contribution in [0.2, 0.25) is 5.02 Å². The molecule has 0 saturated carbocycles. The lowest BCUT2D eigenvalue weighted by Gasteiger charge is -2.11. The van der Waals surface area contributed by atoms with Gasteiger partial charge in [0.1, 0.15) is 5.82 Å². The molecular weight excluding hydrogens is 191 g/mol. The van der Waals surface area contributed by atoms with Crippen molar-refractivity contribution < 1.29 is 9.50 Å². The molecule has 0 saturated heterocycles. The molecule has 0 bridgehead atoms. The molecular formula is C10H12ClFO. The molecule has 0 radical (unpaired) electrons. The summed E-state index contributed by atoms with van der Waals surface area (Å²) in [6.07, 6.45) is 0. The SMILES string of the molecule is Cc1cc(Cl)cc(C(C)CO)c1F. The molecule has 1 nitrogen and oxygen atoms in total. The highest BCUT2D eigenvalue weighted by molar-refractivity contribution is 6.30. The average Bonchev–Trinajstić information content (AvgIpc) is 2.10. The molecule has 1 N–H and O–H groups in total. The van der Waals surface area contributed by atoms with E-state index >= 15 is 0 Å². The van der Waals surface area contributed by atoms with E-state index in [1.165, 1.54) is 0 Å². The highest BCUT2D eigenvalue weighted by atomic mass is 35.5. The van der Waals surface area contributed by atoms with E-state index in [4.69, 9.17) is 16.7 Å². The van der Waals surface area contributed by atoms with Crippen LogP contribution in [-0.2, 0) is 0 Å². The van der Waals surface area contributed by atoms with Crippen LogP contribution in [0.25, 0.3) is 0 Å². The van der Waals surface area contributed by atoms with Crippen molar-refractivity contribution in [3.63, 3.8) is 0 Å². The molecule has 0 amide bonds. The average molecular weight is 203 g/mol. The van der Waals surface area contributed by atoms with Crippen molar-refractivity contribution in [1.29, 1.82) is 0 Å². The Kier molecular flexibility index (Phi) is 3.28. The van der Waals surface area contributed by atoms with E-state index in [1.54, 1.807) is 26.0 Å². The van der Waals surface area contributed by atoms with Crippen LogP contribution in [0.5, 0.6) is 0 Å². The first-order valence-corrected chi connectivity index (χ1v) is 4.50. The molecule has 0 heterocycles. The van der Waals surface area contributed by atoms with E-state index in [1.807, 2.05) is 0 Å². The second-order valence-corrected chi connectivity index (χ2v) is 3.65. The summed E-state index contributed by atoms with van der Waals surface area (Å²) in [5.41, 5.74) is 0.996. The molecule has 0 spiro atoms. The predicted octanol–water partition coefficient (Wildman–Crippen LogP) is 2.88. The Morgan fingerprint density at radius 3 is 2.69 bits per heavy atom. The van der Waals surface area contributed by atoms with Crippen LogP contribution in [0.3, 0.4) is 0 Å². The van der Waals surface area contributed by atoms with Crippen molar-refractivity contribution >= 4 is 11.6 Å². The van der Waals surface area contributed by atoms with Crippen molar-refractivity contribution in [1.82, 2.24) is 0 Å². The summed E-state index contributed by atoms with van der Waals surface area (Å²) >= 11 is 5.77. The number of rotatable bonds is 2. The fourth-order valence-electron chi connectivity index (χ4n) is 1.21. The largest absolute Gasteiger partial charge is 0.396 e. The normalized spacial score (nSPS) is 13.0. The van der Waals surface area contributed by atoms with Gasteiger partial charge in [0.15, 0.2) is 0 Å². The molecule has 0 aliphatic rings. The Labute approximate surface area is 82.2 Å². The van der Waals surface area contributed by atoms with Crippen molar-refractivity contribution in [3.05, 3.63) is 34.1 Å². The van der Waals surface area contributed by atoms with Gasteiger partial charge in [-0.1, -0.05) is 18.5 Å². The van der Waals surface area contributed by atoms with Gasteiger partial charge in [0, 0.05) is 17.5 Å². The van der Waals surface area contributed by atoms with E-state index < -0.39 is 0 Å². The molecule has 0 fully saturated rings. The van der Waals surface area contributed by atoms with E-state index in [9.17, 15) is 4.39 Å². The van der Waals surface area contributed by atoms with Crippen LogP contribution in [0.4, 0.5) is 4.39 Å². The van der Waals surface area contributed by atoms with Gasteiger partial charge in [-0.15, -0.1) is 0 Å². The zero-order valence-corrected chi connectivity index (χ0v) is 8.40. The predicted molar refractivity (Wildman–Crippen MR) is 51.6 cm³/mol. The van der Waals surface area contributed by atoms with Gasteiger partial charge < -0.3 is 5.11 Å². The lowest BCUT2D eigenvalue weighted by Crippen LogP contribution is -2.03. The molecule has 3 heteroatoms. The topological polar surface area (TPSA) is 20.2 Å². The van der Waals surface area contributed by atoms with Gasteiger partial charge in [-0.3, -0.25) is 0 Å². The third-order valence-corrected chi connectivity index (χ3v) is 2.27. The van der Waals surface area contributed by atoms with Crippen molar-refractivity contribution in [2.75, 3.05) is 6.61 Å². The smallest absolute Gasteiger partial charge is 0.129 e. The first-order valence-electron chi connectivity index (χ1n) is 4.12. The lowest BCUT2D eigenvalue weighted by molar-refractivity contribution is 0.270. The van der Waals surface area contributed by atoms with E-state index in [-0.39, 0.29) is 18.3 Å². The minimum absolute atomic E-state index is 0.0727. The second kappa shape index (κ2) is 4.07. The Bertz CT molecular complexity index is 312. The fourth-order valence-corrected chi connectivity index (χ4v) is 1.49. The van der Waals surface area contributed by atoms with Crippen LogP contribution in [0, 0.1) is 12.7 Å². The number of hydrogen-bond acceptors (Lipinski definition) is 1. The van der Waals surface area contributed by atoms with E-state index in [0.29, 0.717) is 16.1 Å². The monoisotopic (exact) mass is 202 g/mol. The summed E-state index contributed by atoms with van der Waals surface area (Å²) in [4.78, 5) is 0. The number of halogens is 2. The van der Waals surface area contributed by atoms with Crippen molar-refractivity contribution in [2.45, 2.75) is 19.8 Å². The Morgan fingerprint density at radius 1 is 1.54 bits per heavy atom. The first-order chi connectivity index (χ1) is 6.06. The molecule has 72 valence electrons. The maximum absolute atomic E-state index is 13.4. The van der Waals surface area contributed by atoms with Crippen LogP contribution in [-0.4, -0.2) is 11.7 Å². The van der Waals surface area contributed by atoms with E-state index in [0.717, 1.165) is 0 Å². The van der Waals surface area contributed by atoms with Gasteiger partial charge in [0.05, 0.1) is 0 Å². The molecule has 13 heavy (non-hydrogen) atoms.